The Morgan fingerprint density at radius 2 is 1.35 bits per heavy atom. The molecule has 0 bridgehead atoms. The maximum Gasteiger partial charge on any atom is 0.338 e. The fraction of sp³-hybridized carbons (Fsp3) is 0.684. The van der Waals surface area contributed by atoms with E-state index in [1.165, 1.54) is 0 Å². The van der Waals surface area contributed by atoms with Crippen molar-refractivity contribution in [3.63, 3.8) is 0 Å². The molecule has 1 saturated carbocycles. The second-order valence-corrected chi connectivity index (χ2v) is 12.3. The summed E-state index contributed by atoms with van der Waals surface area (Å²) in [4.78, 5) is 25.6. The largest absolute Gasteiger partial charge is 0.463 e. The van der Waals surface area contributed by atoms with E-state index in [2.05, 4.69) is 67.7 Å². The summed E-state index contributed by atoms with van der Waals surface area (Å²) in [6.45, 7) is 4.38. The quantitative estimate of drug-likeness (QED) is 0.0732. The molecular formula is C38H60O10. The topological polar surface area (TPSA) is 141 Å². The van der Waals surface area contributed by atoms with E-state index >= 15 is 0 Å². The fourth-order valence-electron chi connectivity index (χ4n) is 5.46. The van der Waals surface area contributed by atoms with E-state index < -0.39 is 48.7 Å². The van der Waals surface area contributed by atoms with Crippen molar-refractivity contribution in [2.75, 3.05) is 20.3 Å². The van der Waals surface area contributed by atoms with Crippen LogP contribution in [0.3, 0.4) is 0 Å². The Hall–Kier alpha value is -2.60. The second kappa shape index (κ2) is 25.4. The second-order valence-electron chi connectivity index (χ2n) is 12.3. The van der Waals surface area contributed by atoms with Gasteiger partial charge in [-0.1, -0.05) is 74.6 Å². The maximum absolute atomic E-state index is 12.8. The van der Waals surface area contributed by atoms with Crippen LogP contribution in [0, 0.1) is 5.92 Å². The van der Waals surface area contributed by atoms with Gasteiger partial charge < -0.3 is 39.0 Å². The highest BCUT2D eigenvalue weighted by Crippen LogP contribution is 2.28. The molecule has 3 N–H and O–H groups in total. The Morgan fingerprint density at radius 1 is 0.771 bits per heavy atom. The molecule has 1 saturated heterocycles. The van der Waals surface area contributed by atoms with Crippen LogP contribution in [0.15, 0.2) is 60.8 Å². The van der Waals surface area contributed by atoms with Crippen molar-refractivity contribution in [2.45, 2.75) is 140 Å². The Kier molecular flexibility index (Phi) is 22.0. The van der Waals surface area contributed by atoms with Crippen LogP contribution in [0.2, 0.25) is 0 Å². The first-order valence-electron chi connectivity index (χ1n) is 17.8. The lowest BCUT2D eigenvalue weighted by Gasteiger charge is -2.39. The predicted molar refractivity (Wildman–Crippen MR) is 185 cm³/mol. The summed E-state index contributed by atoms with van der Waals surface area (Å²) < 4.78 is 27.2. The molecule has 0 aromatic carbocycles. The number of carbonyl (C=O) groups excluding carboxylic acids is 2. The molecule has 6 atom stereocenters. The third kappa shape index (κ3) is 16.2. The summed E-state index contributed by atoms with van der Waals surface area (Å²) in [5.74, 6) is -1.52. The SMILES string of the molecule is CC/C=C\C/C=C\C/C=C\C/C=C\C/C=C\CCCCOC(CC)C(=O)O[C@@H]1O[C@H](C(=O)OCC2CCC(OC)CC2)[C@@H](O)[C@H](O)[C@H]1O. The van der Waals surface area contributed by atoms with E-state index in [1.807, 2.05) is 0 Å². The summed E-state index contributed by atoms with van der Waals surface area (Å²) >= 11 is 0. The molecule has 2 aliphatic rings. The first-order valence-corrected chi connectivity index (χ1v) is 17.8. The summed E-state index contributed by atoms with van der Waals surface area (Å²) in [5.41, 5.74) is 0. The van der Waals surface area contributed by atoms with Gasteiger partial charge in [-0.15, -0.1) is 0 Å². The number of aliphatic hydroxyl groups is 3. The van der Waals surface area contributed by atoms with Crippen LogP contribution in [-0.2, 0) is 33.3 Å². The van der Waals surface area contributed by atoms with E-state index in [0.29, 0.717) is 13.0 Å². The minimum Gasteiger partial charge on any atom is -0.463 e. The zero-order valence-corrected chi connectivity index (χ0v) is 29.2. The Bertz CT molecular complexity index is 1030. The number of unbranched alkanes of at least 4 members (excludes halogenated alkanes) is 2. The van der Waals surface area contributed by atoms with Crippen LogP contribution < -0.4 is 0 Å². The van der Waals surface area contributed by atoms with Crippen LogP contribution >= 0.6 is 0 Å². The molecule has 1 heterocycles. The average Bonchev–Trinajstić information content (AvgIpc) is 3.10. The molecular weight excluding hydrogens is 616 g/mol. The average molecular weight is 677 g/mol. The third-order valence-corrected chi connectivity index (χ3v) is 8.50. The molecule has 1 unspecified atom stereocenters. The van der Waals surface area contributed by atoms with Crippen molar-refractivity contribution < 1.29 is 48.6 Å². The van der Waals surface area contributed by atoms with E-state index in [-0.39, 0.29) is 18.6 Å². The number of esters is 2. The van der Waals surface area contributed by atoms with Crippen LogP contribution in [0.1, 0.15) is 97.3 Å². The van der Waals surface area contributed by atoms with Gasteiger partial charge in [0.15, 0.2) is 12.2 Å². The minimum atomic E-state index is -1.77. The fourth-order valence-corrected chi connectivity index (χ4v) is 5.46. The van der Waals surface area contributed by atoms with Crippen LogP contribution in [0.5, 0.6) is 0 Å². The Labute approximate surface area is 287 Å². The first kappa shape index (κ1) is 41.6. The Balaban J connectivity index is 1.63. The van der Waals surface area contributed by atoms with Gasteiger partial charge in [-0.25, -0.2) is 9.59 Å². The van der Waals surface area contributed by atoms with Crippen molar-refractivity contribution in [1.29, 1.82) is 0 Å². The minimum absolute atomic E-state index is 0.137. The molecule has 48 heavy (non-hydrogen) atoms. The first-order chi connectivity index (χ1) is 23.3. The molecule has 272 valence electrons. The van der Waals surface area contributed by atoms with Crippen LogP contribution in [0.25, 0.3) is 0 Å². The number of carbonyl (C=O) groups is 2. The monoisotopic (exact) mass is 676 g/mol. The van der Waals surface area contributed by atoms with Crippen LogP contribution in [0.4, 0.5) is 0 Å². The van der Waals surface area contributed by atoms with Gasteiger partial charge >= 0.3 is 11.9 Å². The molecule has 10 nitrogen and oxygen atoms in total. The van der Waals surface area contributed by atoms with Gasteiger partial charge in [0, 0.05) is 13.7 Å². The number of hydrogen-bond acceptors (Lipinski definition) is 10. The van der Waals surface area contributed by atoms with Crippen molar-refractivity contribution in [3.8, 4) is 0 Å². The molecule has 0 aromatic heterocycles. The molecule has 2 rings (SSSR count). The van der Waals surface area contributed by atoms with Crippen molar-refractivity contribution in [3.05, 3.63) is 60.8 Å². The molecule has 0 aromatic rings. The third-order valence-electron chi connectivity index (χ3n) is 8.50. The zero-order chi connectivity index (χ0) is 35.0. The Morgan fingerprint density at radius 3 is 1.92 bits per heavy atom. The standard InChI is InChI=1S/C38H60O10/c1-4-6-7-8-9-10-11-12-13-14-15-16-17-18-19-20-21-22-27-45-31(5-2)36(42)48-38-34(41)32(39)33(40)35(47-38)37(43)46-28-29-23-25-30(44-3)26-24-29/h6-7,9-10,12-13,15-16,18-19,29-35,38-41H,4-5,8,11,14,17,20-28H2,1-3H3/b7-6-,10-9-,13-12-,16-15-,19-18-/t29?,30?,31?,32-,33-,34+,35-,38-/m0/s1. The van der Waals surface area contributed by atoms with Crippen molar-refractivity contribution in [1.82, 2.24) is 0 Å². The highest BCUT2D eigenvalue weighted by Gasteiger charge is 2.49. The lowest BCUT2D eigenvalue weighted by Crippen LogP contribution is -2.61. The summed E-state index contributed by atoms with van der Waals surface area (Å²) in [6.07, 6.45) is 23.5. The van der Waals surface area contributed by atoms with Gasteiger partial charge in [-0.3, -0.25) is 0 Å². The zero-order valence-electron chi connectivity index (χ0n) is 29.2. The molecule has 0 amide bonds. The van der Waals surface area contributed by atoms with Crippen molar-refractivity contribution >= 4 is 11.9 Å². The highest BCUT2D eigenvalue weighted by atomic mass is 16.7. The van der Waals surface area contributed by atoms with Gasteiger partial charge in [-0.05, 0) is 89.4 Å². The number of ether oxygens (including phenoxy) is 5. The van der Waals surface area contributed by atoms with E-state index in [0.717, 1.165) is 77.0 Å². The number of aliphatic hydroxyl groups excluding tert-OH is 3. The van der Waals surface area contributed by atoms with Gasteiger partial charge in [-0.2, -0.15) is 0 Å². The van der Waals surface area contributed by atoms with Crippen molar-refractivity contribution in [2.24, 2.45) is 5.92 Å². The maximum atomic E-state index is 12.8. The van der Waals surface area contributed by atoms with Gasteiger partial charge in [0.2, 0.25) is 6.29 Å². The molecule has 0 spiro atoms. The number of hydrogen-bond donors (Lipinski definition) is 3. The lowest BCUT2D eigenvalue weighted by atomic mass is 9.88. The van der Waals surface area contributed by atoms with Gasteiger partial charge in [0.25, 0.3) is 0 Å². The molecule has 0 radical (unpaired) electrons. The summed E-state index contributed by atoms with van der Waals surface area (Å²) in [5, 5.41) is 31.1. The van der Waals surface area contributed by atoms with Gasteiger partial charge in [0.1, 0.15) is 18.3 Å². The molecule has 1 aliphatic carbocycles. The van der Waals surface area contributed by atoms with Gasteiger partial charge in [0.05, 0.1) is 12.7 Å². The highest BCUT2D eigenvalue weighted by molar-refractivity contribution is 5.76. The van der Waals surface area contributed by atoms with E-state index in [9.17, 15) is 24.9 Å². The predicted octanol–water partition coefficient (Wildman–Crippen LogP) is 5.80. The van der Waals surface area contributed by atoms with E-state index in [1.54, 1.807) is 14.0 Å². The number of rotatable bonds is 22. The molecule has 1 aliphatic heterocycles. The lowest BCUT2D eigenvalue weighted by molar-refractivity contribution is -0.290. The summed E-state index contributed by atoms with van der Waals surface area (Å²) in [6, 6.07) is 0. The molecule has 10 heteroatoms. The molecule has 2 fully saturated rings. The number of methoxy groups -OCH3 is 1. The van der Waals surface area contributed by atoms with E-state index in [4.69, 9.17) is 23.7 Å². The summed E-state index contributed by atoms with van der Waals surface area (Å²) in [7, 11) is 1.68. The number of allylic oxidation sites excluding steroid dienone is 10. The van der Waals surface area contributed by atoms with Crippen LogP contribution in [-0.4, -0.2) is 90.5 Å². The smallest absolute Gasteiger partial charge is 0.338 e. The normalized spacial score (nSPS) is 27.5.